The van der Waals surface area contributed by atoms with Gasteiger partial charge in [0.25, 0.3) is 0 Å². The Kier molecular flexibility index (Phi) is 6.31. The van der Waals surface area contributed by atoms with Crippen molar-refractivity contribution in [3.63, 3.8) is 0 Å². The quantitative estimate of drug-likeness (QED) is 0.770. The predicted octanol–water partition coefficient (Wildman–Crippen LogP) is 2.90. The third kappa shape index (κ3) is 5.25. The van der Waals surface area contributed by atoms with Crippen LogP contribution >= 0.6 is 0 Å². The molecule has 0 bridgehead atoms. The third-order valence-electron chi connectivity index (χ3n) is 3.36. The van der Waals surface area contributed by atoms with E-state index in [1.165, 1.54) is 5.56 Å². The Balaban J connectivity index is 1.78. The highest BCUT2D eigenvalue weighted by atomic mass is 16.5. The minimum atomic E-state index is 0.678. The van der Waals surface area contributed by atoms with Crippen LogP contribution < -0.4 is 10.1 Å². The SMILES string of the molecule is CCN(CCOc1cccc(CNC)c1)Cc1ccco1. The van der Waals surface area contributed by atoms with E-state index in [1.807, 2.05) is 31.3 Å². The minimum Gasteiger partial charge on any atom is -0.492 e. The van der Waals surface area contributed by atoms with Gasteiger partial charge in [0.15, 0.2) is 0 Å². The van der Waals surface area contributed by atoms with Crippen molar-refractivity contribution in [2.45, 2.75) is 20.0 Å². The summed E-state index contributed by atoms with van der Waals surface area (Å²) >= 11 is 0. The van der Waals surface area contributed by atoms with Gasteiger partial charge in [-0.25, -0.2) is 0 Å². The summed E-state index contributed by atoms with van der Waals surface area (Å²) in [6.07, 6.45) is 1.72. The molecule has 0 fully saturated rings. The van der Waals surface area contributed by atoms with Crippen molar-refractivity contribution in [3.8, 4) is 5.75 Å². The van der Waals surface area contributed by atoms with Crippen LogP contribution in [0.4, 0.5) is 0 Å². The molecular formula is C17H24N2O2. The largest absolute Gasteiger partial charge is 0.492 e. The van der Waals surface area contributed by atoms with E-state index in [9.17, 15) is 0 Å². The highest BCUT2D eigenvalue weighted by Crippen LogP contribution is 2.13. The zero-order chi connectivity index (χ0) is 14.9. The van der Waals surface area contributed by atoms with E-state index in [2.05, 4.69) is 29.3 Å². The predicted molar refractivity (Wildman–Crippen MR) is 84.4 cm³/mol. The second kappa shape index (κ2) is 8.49. The lowest BCUT2D eigenvalue weighted by Crippen LogP contribution is -2.27. The second-order valence-electron chi connectivity index (χ2n) is 4.97. The molecule has 0 saturated heterocycles. The van der Waals surface area contributed by atoms with Crippen molar-refractivity contribution in [1.29, 1.82) is 0 Å². The molecule has 2 rings (SSSR count). The van der Waals surface area contributed by atoms with Crippen molar-refractivity contribution in [2.24, 2.45) is 0 Å². The number of ether oxygens (including phenoxy) is 1. The van der Waals surface area contributed by atoms with Crippen molar-refractivity contribution in [2.75, 3.05) is 26.7 Å². The van der Waals surface area contributed by atoms with Gasteiger partial charge >= 0.3 is 0 Å². The molecule has 0 aliphatic rings. The molecule has 4 nitrogen and oxygen atoms in total. The molecule has 21 heavy (non-hydrogen) atoms. The number of nitrogens with one attached hydrogen (secondary N) is 1. The minimum absolute atomic E-state index is 0.678. The number of rotatable bonds is 9. The Morgan fingerprint density at radius 1 is 1.24 bits per heavy atom. The van der Waals surface area contributed by atoms with Crippen LogP contribution in [0.1, 0.15) is 18.2 Å². The summed E-state index contributed by atoms with van der Waals surface area (Å²) in [6.45, 7) is 6.37. The van der Waals surface area contributed by atoms with Crippen LogP contribution in [0.15, 0.2) is 47.1 Å². The lowest BCUT2D eigenvalue weighted by atomic mass is 10.2. The van der Waals surface area contributed by atoms with E-state index in [1.54, 1.807) is 6.26 Å². The maximum atomic E-state index is 5.84. The van der Waals surface area contributed by atoms with Gasteiger partial charge in [0.1, 0.15) is 18.1 Å². The first-order valence-electron chi connectivity index (χ1n) is 7.43. The fourth-order valence-corrected chi connectivity index (χ4v) is 2.21. The van der Waals surface area contributed by atoms with Crippen LogP contribution in [0.2, 0.25) is 0 Å². The summed E-state index contributed by atoms with van der Waals surface area (Å²) in [5, 5.41) is 3.15. The average molecular weight is 288 g/mol. The number of likely N-dealkylation sites (N-methyl/N-ethyl adjacent to an activating group) is 1. The van der Waals surface area contributed by atoms with Gasteiger partial charge < -0.3 is 14.5 Å². The number of hydrogen-bond acceptors (Lipinski definition) is 4. The molecular weight excluding hydrogens is 264 g/mol. The Labute approximate surface area is 126 Å². The summed E-state index contributed by atoms with van der Waals surface area (Å²) in [4.78, 5) is 2.30. The van der Waals surface area contributed by atoms with Gasteiger partial charge in [-0.3, -0.25) is 4.90 Å². The Morgan fingerprint density at radius 3 is 2.86 bits per heavy atom. The maximum Gasteiger partial charge on any atom is 0.119 e. The zero-order valence-corrected chi connectivity index (χ0v) is 12.8. The first kappa shape index (κ1) is 15.6. The molecule has 1 heterocycles. The molecule has 2 aromatic rings. The molecule has 4 heteroatoms. The maximum absolute atomic E-state index is 5.84. The van der Waals surface area contributed by atoms with Gasteiger partial charge in [-0.2, -0.15) is 0 Å². The molecule has 0 spiro atoms. The molecule has 1 aromatic carbocycles. The number of furan rings is 1. The molecule has 1 aromatic heterocycles. The molecule has 0 amide bonds. The van der Waals surface area contributed by atoms with Crippen LogP contribution in [0.25, 0.3) is 0 Å². The standard InChI is InChI=1S/C17H24N2O2/c1-3-19(14-17-8-5-10-20-17)9-11-21-16-7-4-6-15(12-16)13-18-2/h4-8,10,12,18H,3,9,11,13-14H2,1-2H3. The lowest BCUT2D eigenvalue weighted by molar-refractivity contribution is 0.199. The lowest BCUT2D eigenvalue weighted by Gasteiger charge is -2.19. The summed E-state index contributed by atoms with van der Waals surface area (Å²) in [7, 11) is 1.95. The van der Waals surface area contributed by atoms with Crippen molar-refractivity contribution in [1.82, 2.24) is 10.2 Å². The highest BCUT2D eigenvalue weighted by molar-refractivity contribution is 5.28. The monoisotopic (exact) mass is 288 g/mol. The zero-order valence-electron chi connectivity index (χ0n) is 12.8. The van der Waals surface area contributed by atoms with Gasteiger partial charge in [-0.05, 0) is 43.4 Å². The highest BCUT2D eigenvalue weighted by Gasteiger charge is 2.06. The first-order chi connectivity index (χ1) is 10.3. The van der Waals surface area contributed by atoms with Crippen LogP contribution in [0.3, 0.4) is 0 Å². The number of nitrogens with zero attached hydrogens (tertiary/aromatic N) is 1. The van der Waals surface area contributed by atoms with Gasteiger partial charge in [-0.1, -0.05) is 19.1 Å². The summed E-state index contributed by atoms with van der Waals surface area (Å²) < 4.78 is 11.2. The molecule has 0 aliphatic heterocycles. The average Bonchev–Trinajstić information content (AvgIpc) is 3.00. The van der Waals surface area contributed by atoms with Crippen molar-refractivity contribution in [3.05, 3.63) is 54.0 Å². The first-order valence-corrected chi connectivity index (χ1v) is 7.43. The van der Waals surface area contributed by atoms with Gasteiger partial charge in [0.05, 0.1) is 12.8 Å². The van der Waals surface area contributed by atoms with Gasteiger partial charge in [0.2, 0.25) is 0 Å². The third-order valence-corrected chi connectivity index (χ3v) is 3.36. The molecule has 0 radical (unpaired) electrons. The molecule has 0 saturated carbocycles. The summed E-state index contributed by atoms with van der Waals surface area (Å²) in [6, 6.07) is 12.1. The van der Waals surface area contributed by atoms with Crippen LogP contribution in [-0.2, 0) is 13.1 Å². The molecule has 1 N–H and O–H groups in total. The molecule has 0 unspecified atom stereocenters. The van der Waals surface area contributed by atoms with Gasteiger partial charge in [-0.15, -0.1) is 0 Å². The van der Waals surface area contributed by atoms with E-state index in [0.717, 1.165) is 37.7 Å². The molecule has 0 atom stereocenters. The smallest absolute Gasteiger partial charge is 0.119 e. The van der Waals surface area contributed by atoms with Crippen molar-refractivity contribution >= 4 is 0 Å². The summed E-state index contributed by atoms with van der Waals surface area (Å²) in [5.41, 5.74) is 1.23. The topological polar surface area (TPSA) is 37.6 Å². The summed E-state index contributed by atoms with van der Waals surface area (Å²) in [5.74, 6) is 1.92. The van der Waals surface area contributed by atoms with E-state index in [0.29, 0.717) is 6.61 Å². The van der Waals surface area contributed by atoms with Crippen LogP contribution in [0.5, 0.6) is 5.75 Å². The fraction of sp³-hybridized carbons (Fsp3) is 0.412. The van der Waals surface area contributed by atoms with E-state index in [4.69, 9.17) is 9.15 Å². The molecule has 114 valence electrons. The van der Waals surface area contributed by atoms with Gasteiger partial charge in [0, 0.05) is 13.1 Å². The van der Waals surface area contributed by atoms with Crippen LogP contribution in [-0.4, -0.2) is 31.6 Å². The second-order valence-corrected chi connectivity index (χ2v) is 4.97. The Bertz CT molecular complexity index is 511. The number of hydrogen-bond donors (Lipinski definition) is 1. The Hall–Kier alpha value is -1.78. The van der Waals surface area contributed by atoms with Crippen LogP contribution in [0, 0.1) is 0 Å². The Morgan fingerprint density at radius 2 is 2.14 bits per heavy atom. The normalized spacial score (nSPS) is 11.0. The van der Waals surface area contributed by atoms with E-state index >= 15 is 0 Å². The fourth-order valence-electron chi connectivity index (χ4n) is 2.21. The van der Waals surface area contributed by atoms with E-state index < -0.39 is 0 Å². The van der Waals surface area contributed by atoms with E-state index in [-0.39, 0.29) is 0 Å². The van der Waals surface area contributed by atoms with Crippen molar-refractivity contribution < 1.29 is 9.15 Å². The molecule has 0 aliphatic carbocycles. The number of benzene rings is 1.